The van der Waals surface area contributed by atoms with Gasteiger partial charge >= 0.3 is 5.97 Å². The number of hydrogen-bond donors (Lipinski definition) is 2. The second-order valence-electron chi connectivity index (χ2n) is 6.16. The van der Waals surface area contributed by atoms with Gasteiger partial charge in [-0.15, -0.1) is 11.3 Å². The fraction of sp³-hybridized carbons (Fsp3) is 0.643. The first-order valence-electron chi connectivity index (χ1n) is 6.36. The molecular formula is C14H21NO2S. The molecular weight excluding hydrogens is 246 g/mol. The lowest BCUT2D eigenvalue weighted by molar-refractivity contribution is -0.146. The highest BCUT2D eigenvalue weighted by Gasteiger charge is 2.53. The van der Waals surface area contributed by atoms with E-state index in [0.29, 0.717) is 13.0 Å². The smallest absolute Gasteiger partial charge is 0.324 e. The molecule has 18 heavy (non-hydrogen) atoms. The van der Waals surface area contributed by atoms with Gasteiger partial charge in [-0.1, -0.05) is 26.8 Å². The molecule has 1 aliphatic rings. The fourth-order valence-electron chi connectivity index (χ4n) is 3.26. The topological polar surface area (TPSA) is 49.3 Å². The summed E-state index contributed by atoms with van der Waals surface area (Å²) in [5, 5.41) is 15.0. The Bertz CT molecular complexity index is 427. The van der Waals surface area contributed by atoms with Crippen molar-refractivity contribution in [3.05, 3.63) is 22.4 Å². The molecule has 0 saturated heterocycles. The molecule has 3 nitrogen and oxygen atoms in total. The van der Waals surface area contributed by atoms with Crippen molar-refractivity contribution in [3.63, 3.8) is 0 Å². The van der Waals surface area contributed by atoms with Gasteiger partial charge in [0.05, 0.1) is 0 Å². The lowest BCUT2D eigenvalue weighted by atomic mass is 9.86. The van der Waals surface area contributed by atoms with Crippen molar-refractivity contribution in [2.75, 3.05) is 0 Å². The minimum absolute atomic E-state index is 0.0975. The molecule has 0 bridgehead atoms. The molecule has 2 rings (SSSR count). The Morgan fingerprint density at radius 1 is 1.61 bits per heavy atom. The van der Waals surface area contributed by atoms with Gasteiger partial charge in [-0.25, -0.2) is 0 Å². The van der Waals surface area contributed by atoms with Crippen LogP contribution in [-0.4, -0.2) is 16.6 Å². The number of rotatable bonds is 4. The van der Waals surface area contributed by atoms with Crippen LogP contribution in [-0.2, 0) is 11.3 Å². The van der Waals surface area contributed by atoms with E-state index in [2.05, 4.69) is 19.2 Å². The lowest BCUT2D eigenvalue weighted by Gasteiger charge is -2.31. The quantitative estimate of drug-likeness (QED) is 0.881. The zero-order chi connectivity index (χ0) is 13.4. The van der Waals surface area contributed by atoms with Gasteiger partial charge in [-0.3, -0.25) is 10.1 Å². The number of aliphatic carboxylic acids is 1. The van der Waals surface area contributed by atoms with Crippen molar-refractivity contribution in [1.29, 1.82) is 0 Å². The first-order valence-corrected chi connectivity index (χ1v) is 7.24. The Hall–Kier alpha value is -0.870. The van der Waals surface area contributed by atoms with E-state index in [1.54, 1.807) is 11.3 Å². The Labute approximate surface area is 112 Å². The van der Waals surface area contributed by atoms with E-state index in [-0.39, 0.29) is 11.3 Å². The fourth-order valence-corrected chi connectivity index (χ4v) is 3.91. The third kappa shape index (κ3) is 2.45. The maximum atomic E-state index is 11.7. The largest absolute Gasteiger partial charge is 0.480 e. The van der Waals surface area contributed by atoms with E-state index in [1.165, 1.54) is 4.88 Å². The minimum atomic E-state index is -0.770. The van der Waals surface area contributed by atoms with Gasteiger partial charge in [0, 0.05) is 11.4 Å². The van der Waals surface area contributed by atoms with Crippen LogP contribution in [0.5, 0.6) is 0 Å². The van der Waals surface area contributed by atoms with Crippen LogP contribution >= 0.6 is 11.3 Å². The Kier molecular flexibility index (Phi) is 3.52. The molecule has 1 aliphatic carbocycles. The van der Waals surface area contributed by atoms with Crippen LogP contribution in [0.1, 0.15) is 38.5 Å². The summed E-state index contributed by atoms with van der Waals surface area (Å²) in [5.41, 5.74) is -0.673. The minimum Gasteiger partial charge on any atom is -0.480 e. The first kappa shape index (κ1) is 13.6. The van der Waals surface area contributed by atoms with Crippen LogP contribution in [0.2, 0.25) is 0 Å². The van der Waals surface area contributed by atoms with Gasteiger partial charge in [0.25, 0.3) is 0 Å². The predicted molar refractivity (Wildman–Crippen MR) is 73.7 cm³/mol. The molecule has 1 fully saturated rings. The van der Waals surface area contributed by atoms with Gasteiger partial charge < -0.3 is 5.11 Å². The maximum absolute atomic E-state index is 11.7. The van der Waals surface area contributed by atoms with E-state index < -0.39 is 11.5 Å². The molecule has 0 amide bonds. The summed E-state index contributed by atoms with van der Waals surface area (Å²) >= 11 is 1.66. The monoisotopic (exact) mass is 267 g/mol. The van der Waals surface area contributed by atoms with E-state index in [0.717, 1.165) is 6.42 Å². The molecule has 100 valence electrons. The second-order valence-corrected chi connectivity index (χ2v) is 7.19. The first-order chi connectivity index (χ1) is 8.36. The summed E-state index contributed by atoms with van der Waals surface area (Å²) in [5.74, 6) is -0.554. The van der Waals surface area contributed by atoms with E-state index in [9.17, 15) is 9.90 Å². The lowest BCUT2D eigenvalue weighted by Crippen LogP contribution is -2.54. The zero-order valence-electron chi connectivity index (χ0n) is 11.2. The Morgan fingerprint density at radius 2 is 2.33 bits per heavy atom. The molecule has 2 atom stereocenters. The molecule has 1 saturated carbocycles. The molecule has 4 heteroatoms. The van der Waals surface area contributed by atoms with Crippen LogP contribution in [0.4, 0.5) is 0 Å². The molecule has 0 radical (unpaired) electrons. The second kappa shape index (κ2) is 4.67. The number of carboxylic acids is 1. The molecule has 1 aromatic heterocycles. The number of hydrogen-bond acceptors (Lipinski definition) is 3. The number of thiophene rings is 1. The molecule has 1 heterocycles. The van der Waals surface area contributed by atoms with Gasteiger partial charge in [0.1, 0.15) is 5.54 Å². The summed E-state index contributed by atoms with van der Waals surface area (Å²) in [6.45, 7) is 7.00. The SMILES string of the molecule is CC1CC(C)(C)CC1(NCc1cccs1)C(=O)O. The molecule has 1 aromatic rings. The molecule has 0 aromatic carbocycles. The average Bonchev–Trinajstić information content (AvgIpc) is 2.82. The van der Waals surface area contributed by atoms with Crippen molar-refractivity contribution in [2.45, 2.75) is 45.7 Å². The van der Waals surface area contributed by atoms with Gasteiger partial charge in [0.15, 0.2) is 0 Å². The van der Waals surface area contributed by atoms with E-state index in [4.69, 9.17) is 0 Å². The van der Waals surface area contributed by atoms with E-state index >= 15 is 0 Å². The Balaban J connectivity index is 2.15. The normalized spacial score (nSPS) is 30.5. The van der Waals surface area contributed by atoms with Crippen LogP contribution in [0.15, 0.2) is 17.5 Å². The van der Waals surface area contributed by atoms with Crippen molar-refractivity contribution in [3.8, 4) is 0 Å². The van der Waals surface area contributed by atoms with Gasteiger partial charge in [0.2, 0.25) is 0 Å². The number of nitrogens with one attached hydrogen (secondary N) is 1. The Morgan fingerprint density at radius 3 is 2.78 bits per heavy atom. The molecule has 0 spiro atoms. The van der Waals surface area contributed by atoms with Gasteiger partial charge in [-0.2, -0.15) is 0 Å². The van der Waals surface area contributed by atoms with Crippen molar-refractivity contribution >= 4 is 17.3 Å². The average molecular weight is 267 g/mol. The third-order valence-corrected chi connectivity index (χ3v) is 4.87. The van der Waals surface area contributed by atoms with Crippen LogP contribution < -0.4 is 5.32 Å². The zero-order valence-corrected chi connectivity index (χ0v) is 12.0. The summed E-state index contributed by atoms with van der Waals surface area (Å²) in [6.07, 6.45) is 1.65. The summed E-state index contributed by atoms with van der Waals surface area (Å²) in [7, 11) is 0. The van der Waals surface area contributed by atoms with Crippen LogP contribution in [0.3, 0.4) is 0 Å². The van der Waals surface area contributed by atoms with Crippen LogP contribution in [0, 0.1) is 11.3 Å². The maximum Gasteiger partial charge on any atom is 0.324 e. The molecule has 2 N–H and O–H groups in total. The summed E-state index contributed by atoms with van der Waals surface area (Å²) in [6, 6.07) is 4.04. The summed E-state index contributed by atoms with van der Waals surface area (Å²) < 4.78 is 0. The molecule has 2 unspecified atom stereocenters. The number of carboxylic acid groups (broad SMARTS) is 1. The standard InChI is InChI=1S/C14H21NO2S/c1-10-7-13(2,3)9-14(10,12(16)17)15-8-11-5-4-6-18-11/h4-6,10,15H,7-9H2,1-3H3,(H,16,17). The van der Waals surface area contributed by atoms with Crippen molar-refractivity contribution in [1.82, 2.24) is 5.32 Å². The van der Waals surface area contributed by atoms with Crippen molar-refractivity contribution in [2.24, 2.45) is 11.3 Å². The number of carbonyl (C=O) groups is 1. The predicted octanol–water partition coefficient (Wildman–Crippen LogP) is 3.12. The molecule has 0 aliphatic heterocycles. The highest BCUT2D eigenvalue weighted by atomic mass is 32.1. The highest BCUT2D eigenvalue weighted by Crippen LogP contribution is 2.47. The van der Waals surface area contributed by atoms with Crippen molar-refractivity contribution < 1.29 is 9.90 Å². The van der Waals surface area contributed by atoms with Gasteiger partial charge in [-0.05, 0) is 35.6 Å². The van der Waals surface area contributed by atoms with E-state index in [1.807, 2.05) is 24.4 Å². The summed E-state index contributed by atoms with van der Waals surface area (Å²) in [4.78, 5) is 12.9. The third-order valence-electron chi connectivity index (χ3n) is 4.00. The van der Waals surface area contributed by atoms with Crippen LogP contribution in [0.25, 0.3) is 0 Å². The highest BCUT2D eigenvalue weighted by molar-refractivity contribution is 7.09.